The van der Waals surface area contributed by atoms with Crippen LogP contribution < -0.4 is 5.32 Å². The van der Waals surface area contributed by atoms with E-state index in [2.05, 4.69) is 5.32 Å². The molecule has 0 saturated heterocycles. The number of methoxy groups -OCH3 is 1. The van der Waals surface area contributed by atoms with Crippen LogP contribution in [-0.4, -0.2) is 25.7 Å². The molecule has 1 N–H and O–H groups in total. The van der Waals surface area contributed by atoms with Crippen LogP contribution in [0.4, 0.5) is 4.39 Å². The highest BCUT2D eigenvalue weighted by molar-refractivity contribution is 5.95. The van der Waals surface area contributed by atoms with E-state index in [1.807, 2.05) is 6.92 Å². The summed E-state index contributed by atoms with van der Waals surface area (Å²) in [5, 5.41) is 2.85. The lowest BCUT2D eigenvalue weighted by Crippen LogP contribution is -2.33. The summed E-state index contributed by atoms with van der Waals surface area (Å²) in [4.78, 5) is 11.9. The monoisotopic (exact) mass is 239 g/mol. The van der Waals surface area contributed by atoms with Gasteiger partial charge in [0.05, 0.1) is 0 Å². The molecule has 1 amide bonds. The molecule has 0 spiro atoms. The van der Waals surface area contributed by atoms with Crippen molar-refractivity contribution in [3.05, 3.63) is 35.1 Å². The number of hydrogen-bond acceptors (Lipinski definition) is 2. The molecule has 0 aromatic heterocycles. The zero-order valence-electron chi connectivity index (χ0n) is 10.4. The molecule has 1 aromatic carbocycles. The molecule has 1 atom stereocenters. The lowest BCUT2D eigenvalue weighted by molar-refractivity contribution is 0.0929. The number of nitrogens with one attached hydrogen (secondary N) is 1. The molecule has 17 heavy (non-hydrogen) atoms. The second-order valence-electron chi connectivity index (χ2n) is 4.12. The number of hydrogen-bond donors (Lipinski definition) is 1. The van der Waals surface area contributed by atoms with E-state index in [4.69, 9.17) is 4.74 Å². The molecular weight excluding hydrogens is 221 g/mol. The summed E-state index contributed by atoms with van der Waals surface area (Å²) in [6, 6.07) is 4.19. The molecule has 1 aromatic rings. The third-order valence-electron chi connectivity index (χ3n) is 2.57. The van der Waals surface area contributed by atoms with Crippen molar-refractivity contribution in [3.63, 3.8) is 0 Å². The minimum Gasteiger partial charge on any atom is -0.385 e. The number of halogens is 1. The topological polar surface area (TPSA) is 38.3 Å². The van der Waals surface area contributed by atoms with E-state index < -0.39 is 0 Å². The Kier molecular flexibility index (Phi) is 5.10. The van der Waals surface area contributed by atoms with Gasteiger partial charge in [0.15, 0.2) is 0 Å². The van der Waals surface area contributed by atoms with Gasteiger partial charge in [-0.25, -0.2) is 4.39 Å². The lowest BCUT2D eigenvalue weighted by Gasteiger charge is -2.14. The highest BCUT2D eigenvalue weighted by atomic mass is 19.1. The first-order chi connectivity index (χ1) is 8.04. The first-order valence-corrected chi connectivity index (χ1v) is 5.60. The van der Waals surface area contributed by atoms with Crippen LogP contribution in [0.5, 0.6) is 0 Å². The second-order valence-corrected chi connectivity index (χ2v) is 4.12. The first-order valence-electron chi connectivity index (χ1n) is 5.60. The smallest absolute Gasteiger partial charge is 0.251 e. The van der Waals surface area contributed by atoms with Gasteiger partial charge in [0, 0.05) is 25.3 Å². The predicted octanol–water partition coefficient (Wildman–Crippen LogP) is 2.29. The number of carbonyl (C=O) groups is 1. The van der Waals surface area contributed by atoms with Crippen LogP contribution in [0, 0.1) is 12.7 Å². The standard InChI is InChI=1S/C13H18FNO2/c1-9-8-11(14)4-5-12(9)13(16)15-10(2)6-7-17-3/h4-5,8,10H,6-7H2,1-3H3,(H,15,16). The van der Waals surface area contributed by atoms with Crippen LogP contribution in [0.1, 0.15) is 29.3 Å². The minimum atomic E-state index is -0.327. The van der Waals surface area contributed by atoms with Crippen LogP contribution in [-0.2, 0) is 4.74 Å². The van der Waals surface area contributed by atoms with Crippen LogP contribution in [0.2, 0.25) is 0 Å². The van der Waals surface area contributed by atoms with Crippen molar-refractivity contribution in [3.8, 4) is 0 Å². The van der Waals surface area contributed by atoms with Gasteiger partial charge in [-0.05, 0) is 44.0 Å². The van der Waals surface area contributed by atoms with Crippen molar-refractivity contribution in [2.24, 2.45) is 0 Å². The number of ether oxygens (including phenoxy) is 1. The third-order valence-corrected chi connectivity index (χ3v) is 2.57. The fourth-order valence-corrected chi connectivity index (χ4v) is 1.55. The average molecular weight is 239 g/mol. The summed E-state index contributed by atoms with van der Waals surface area (Å²) >= 11 is 0. The average Bonchev–Trinajstić information content (AvgIpc) is 2.26. The number of rotatable bonds is 5. The lowest BCUT2D eigenvalue weighted by atomic mass is 10.1. The van der Waals surface area contributed by atoms with Gasteiger partial charge >= 0.3 is 0 Å². The van der Waals surface area contributed by atoms with Gasteiger partial charge in [0.25, 0.3) is 5.91 Å². The molecule has 0 radical (unpaired) electrons. The minimum absolute atomic E-state index is 0.0342. The summed E-state index contributed by atoms with van der Waals surface area (Å²) in [5.41, 5.74) is 1.15. The van der Waals surface area contributed by atoms with Gasteiger partial charge in [0.2, 0.25) is 0 Å². The Morgan fingerprint density at radius 1 is 1.53 bits per heavy atom. The molecule has 0 fully saturated rings. The first kappa shape index (κ1) is 13.6. The van der Waals surface area contributed by atoms with Crippen LogP contribution >= 0.6 is 0 Å². The number of amides is 1. The highest BCUT2D eigenvalue weighted by Gasteiger charge is 2.12. The third kappa shape index (κ3) is 4.15. The molecular formula is C13H18FNO2. The maximum atomic E-state index is 12.9. The summed E-state index contributed by atoms with van der Waals surface area (Å²) in [7, 11) is 1.62. The van der Waals surface area contributed by atoms with Crippen molar-refractivity contribution in [2.75, 3.05) is 13.7 Å². The van der Waals surface area contributed by atoms with E-state index in [1.54, 1.807) is 14.0 Å². The molecule has 4 heteroatoms. The van der Waals surface area contributed by atoms with Gasteiger partial charge in [-0.2, -0.15) is 0 Å². The summed E-state index contributed by atoms with van der Waals surface area (Å²) in [5.74, 6) is -0.502. The Morgan fingerprint density at radius 2 is 2.24 bits per heavy atom. The van der Waals surface area contributed by atoms with Crippen LogP contribution in [0.15, 0.2) is 18.2 Å². The molecule has 0 bridgehead atoms. The molecule has 0 saturated carbocycles. The Balaban J connectivity index is 2.63. The van der Waals surface area contributed by atoms with E-state index in [1.165, 1.54) is 18.2 Å². The van der Waals surface area contributed by atoms with E-state index in [-0.39, 0.29) is 17.8 Å². The summed E-state index contributed by atoms with van der Waals surface area (Å²) in [6.07, 6.45) is 0.752. The molecule has 0 aliphatic carbocycles. The fourth-order valence-electron chi connectivity index (χ4n) is 1.55. The number of aryl methyl sites for hydroxylation is 1. The Morgan fingerprint density at radius 3 is 2.82 bits per heavy atom. The van der Waals surface area contributed by atoms with E-state index in [9.17, 15) is 9.18 Å². The largest absolute Gasteiger partial charge is 0.385 e. The normalized spacial score (nSPS) is 12.2. The Labute approximate surface area is 101 Å². The highest BCUT2D eigenvalue weighted by Crippen LogP contribution is 2.10. The number of carbonyl (C=O) groups excluding carboxylic acids is 1. The van der Waals surface area contributed by atoms with Gasteiger partial charge in [-0.15, -0.1) is 0 Å². The van der Waals surface area contributed by atoms with E-state index in [0.717, 1.165) is 6.42 Å². The SMILES string of the molecule is COCCC(C)NC(=O)c1ccc(F)cc1C. The van der Waals surface area contributed by atoms with Crippen molar-refractivity contribution in [2.45, 2.75) is 26.3 Å². The van der Waals surface area contributed by atoms with Gasteiger partial charge in [-0.1, -0.05) is 0 Å². The predicted molar refractivity (Wildman–Crippen MR) is 64.6 cm³/mol. The van der Waals surface area contributed by atoms with Crippen molar-refractivity contribution in [1.82, 2.24) is 5.32 Å². The quantitative estimate of drug-likeness (QED) is 0.856. The van der Waals surface area contributed by atoms with Crippen molar-refractivity contribution < 1.29 is 13.9 Å². The fraction of sp³-hybridized carbons (Fsp3) is 0.462. The molecule has 0 aliphatic rings. The zero-order chi connectivity index (χ0) is 12.8. The molecule has 94 valence electrons. The molecule has 0 heterocycles. The Hall–Kier alpha value is -1.42. The Bertz CT molecular complexity index is 393. The van der Waals surface area contributed by atoms with E-state index >= 15 is 0 Å². The zero-order valence-corrected chi connectivity index (χ0v) is 10.4. The van der Waals surface area contributed by atoms with Crippen molar-refractivity contribution >= 4 is 5.91 Å². The summed E-state index contributed by atoms with van der Waals surface area (Å²) in [6.45, 7) is 4.23. The van der Waals surface area contributed by atoms with Gasteiger partial charge in [-0.3, -0.25) is 4.79 Å². The maximum absolute atomic E-state index is 12.9. The number of benzene rings is 1. The molecule has 0 aliphatic heterocycles. The van der Waals surface area contributed by atoms with Crippen LogP contribution in [0.25, 0.3) is 0 Å². The van der Waals surface area contributed by atoms with Gasteiger partial charge < -0.3 is 10.1 Å². The van der Waals surface area contributed by atoms with Crippen molar-refractivity contribution in [1.29, 1.82) is 0 Å². The van der Waals surface area contributed by atoms with E-state index in [0.29, 0.717) is 17.7 Å². The van der Waals surface area contributed by atoms with Gasteiger partial charge in [0.1, 0.15) is 5.82 Å². The molecule has 3 nitrogen and oxygen atoms in total. The second kappa shape index (κ2) is 6.35. The molecule has 1 rings (SSSR count). The maximum Gasteiger partial charge on any atom is 0.251 e. The van der Waals surface area contributed by atoms with Crippen LogP contribution in [0.3, 0.4) is 0 Å². The summed E-state index contributed by atoms with van der Waals surface area (Å²) < 4.78 is 17.8. The molecule has 1 unspecified atom stereocenters.